The maximum absolute atomic E-state index is 9.43. The van der Waals surface area contributed by atoms with Crippen molar-refractivity contribution < 1.29 is 9.52 Å². The summed E-state index contributed by atoms with van der Waals surface area (Å²) in [4.78, 5) is 0. The Morgan fingerprint density at radius 2 is 1.53 bits per heavy atom. The fraction of sp³-hybridized carbons (Fsp3) is 0. The summed E-state index contributed by atoms with van der Waals surface area (Å²) in [6.07, 6.45) is 0. The van der Waals surface area contributed by atoms with Crippen LogP contribution in [0.5, 0.6) is 5.75 Å². The second kappa shape index (κ2) is 4.74. The number of aromatic hydroxyl groups is 1. The zero-order valence-electron chi connectivity index (χ0n) is 9.75. The second-order valence-electron chi connectivity index (χ2n) is 3.97. The van der Waals surface area contributed by atoms with E-state index in [4.69, 9.17) is 16.0 Å². The lowest BCUT2D eigenvalue weighted by Crippen LogP contribution is -1.77. The van der Waals surface area contributed by atoms with Gasteiger partial charge in [-0.15, -0.1) is 10.2 Å². The second-order valence-corrected chi connectivity index (χ2v) is 4.41. The molecule has 19 heavy (non-hydrogen) atoms. The van der Waals surface area contributed by atoms with E-state index in [0.29, 0.717) is 22.4 Å². The third-order valence-electron chi connectivity index (χ3n) is 2.59. The van der Waals surface area contributed by atoms with Crippen molar-refractivity contribution >= 4 is 11.6 Å². The fourth-order valence-electron chi connectivity index (χ4n) is 1.72. The Balaban J connectivity index is 2.00. The van der Waals surface area contributed by atoms with Crippen LogP contribution in [0.2, 0.25) is 5.02 Å². The zero-order valence-corrected chi connectivity index (χ0v) is 10.5. The number of phenols is 1. The Labute approximate surface area is 114 Å². The average molecular weight is 273 g/mol. The van der Waals surface area contributed by atoms with E-state index < -0.39 is 0 Å². The molecule has 94 valence electrons. The van der Waals surface area contributed by atoms with Gasteiger partial charge in [0.25, 0.3) is 0 Å². The number of aromatic nitrogens is 2. The number of rotatable bonds is 2. The van der Waals surface area contributed by atoms with Crippen LogP contribution in [0.15, 0.2) is 52.9 Å². The minimum absolute atomic E-state index is 0.153. The third kappa shape index (κ3) is 2.44. The molecular formula is C14H9ClN2O2. The lowest BCUT2D eigenvalue weighted by Gasteiger charge is -1.96. The normalized spacial score (nSPS) is 10.6. The molecule has 0 aliphatic rings. The molecule has 4 nitrogen and oxygen atoms in total. The van der Waals surface area contributed by atoms with E-state index in [1.54, 1.807) is 36.4 Å². The first kappa shape index (κ1) is 11.7. The van der Waals surface area contributed by atoms with Crippen molar-refractivity contribution in [3.63, 3.8) is 0 Å². The molecule has 0 spiro atoms. The molecule has 5 heteroatoms. The maximum Gasteiger partial charge on any atom is 0.248 e. The quantitative estimate of drug-likeness (QED) is 0.771. The smallest absolute Gasteiger partial charge is 0.248 e. The Hall–Kier alpha value is -2.33. The van der Waals surface area contributed by atoms with E-state index in [9.17, 15) is 5.11 Å². The first-order chi connectivity index (χ1) is 9.22. The molecule has 1 aromatic heterocycles. The highest BCUT2D eigenvalue weighted by atomic mass is 35.5. The number of phenolic OH excluding ortho intramolecular Hbond substituents is 1. The van der Waals surface area contributed by atoms with Gasteiger partial charge in [0.2, 0.25) is 11.8 Å². The number of hydrogen-bond donors (Lipinski definition) is 1. The summed E-state index contributed by atoms with van der Waals surface area (Å²) in [7, 11) is 0. The minimum Gasteiger partial charge on any atom is -0.508 e. The Morgan fingerprint density at radius 1 is 0.895 bits per heavy atom. The van der Waals surface area contributed by atoms with Crippen molar-refractivity contribution in [3.8, 4) is 28.7 Å². The minimum atomic E-state index is 0.153. The van der Waals surface area contributed by atoms with E-state index in [1.165, 1.54) is 0 Å². The molecule has 0 fully saturated rings. The van der Waals surface area contributed by atoms with E-state index in [1.807, 2.05) is 12.1 Å². The van der Waals surface area contributed by atoms with Crippen molar-refractivity contribution in [1.29, 1.82) is 0 Å². The Bertz CT molecular complexity index is 665. The summed E-state index contributed by atoms with van der Waals surface area (Å²) in [5.41, 5.74) is 1.42. The first-order valence-electron chi connectivity index (χ1n) is 5.61. The van der Waals surface area contributed by atoms with Crippen LogP contribution in [-0.2, 0) is 0 Å². The van der Waals surface area contributed by atoms with E-state index >= 15 is 0 Å². The number of nitrogens with zero attached hydrogens (tertiary/aromatic N) is 2. The summed E-state index contributed by atoms with van der Waals surface area (Å²) >= 11 is 5.92. The molecule has 0 saturated carbocycles. The lowest BCUT2D eigenvalue weighted by molar-refractivity contribution is 0.475. The molecule has 1 heterocycles. The summed E-state index contributed by atoms with van der Waals surface area (Å²) in [5.74, 6) is 0.895. The average Bonchev–Trinajstić information content (AvgIpc) is 2.88. The summed E-state index contributed by atoms with van der Waals surface area (Å²) in [5, 5.41) is 18.0. The van der Waals surface area contributed by atoms with Crippen LogP contribution in [-0.4, -0.2) is 15.3 Å². The molecular weight excluding hydrogens is 264 g/mol. The van der Waals surface area contributed by atoms with E-state index in [-0.39, 0.29) is 5.75 Å². The van der Waals surface area contributed by atoms with Gasteiger partial charge in [0.15, 0.2) is 0 Å². The third-order valence-corrected chi connectivity index (χ3v) is 2.82. The predicted molar refractivity (Wildman–Crippen MR) is 71.8 cm³/mol. The van der Waals surface area contributed by atoms with Gasteiger partial charge in [-0.3, -0.25) is 0 Å². The fourth-order valence-corrected chi connectivity index (χ4v) is 1.91. The molecule has 0 aliphatic heterocycles. The molecule has 1 N–H and O–H groups in total. The van der Waals surface area contributed by atoms with Gasteiger partial charge in [-0.25, -0.2) is 0 Å². The van der Waals surface area contributed by atoms with Gasteiger partial charge in [0, 0.05) is 16.1 Å². The van der Waals surface area contributed by atoms with Gasteiger partial charge in [0.05, 0.1) is 0 Å². The van der Waals surface area contributed by atoms with Crippen molar-refractivity contribution in [3.05, 3.63) is 53.6 Å². The monoisotopic (exact) mass is 272 g/mol. The molecule has 3 rings (SSSR count). The summed E-state index contributed by atoms with van der Waals surface area (Å²) < 4.78 is 5.57. The molecule has 3 aromatic rings. The van der Waals surface area contributed by atoms with Crippen molar-refractivity contribution in [2.24, 2.45) is 0 Å². The molecule has 0 bridgehead atoms. The summed E-state index contributed by atoms with van der Waals surface area (Å²) in [6.45, 7) is 0. The lowest BCUT2D eigenvalue weighted by atomic mass is 10.2. The van der Waals surface area contributed by atoms with Gasteiger partial charge in [-0.2, -0.15) is 0 Å². The predicted octanol–water partition coefficient (Wildman–Crippen LogP) is 3.76. The largest absolute Gasteiger partial charge is 0.508 e. The van der Waals surface area contributed by atoms with Crippen LogP contribution in [0, 0.1) is 0 Å². The molecule has 0 aliphatic carbocycles. The van der Waals surface area contributed by atoms with Crippen molar-refractivity contribution in [2.45, 2.75) is 0 Å². The SMILES string of the molecule is Oc1cccc(-c2nnc(-c3cccc(Cl)c3)o2)c1. The standard InChI is InChI=1S/C14H9ClN2O2/c15-11-5-1-3-9(7-11)13-16-17-14(19-13)10-4-2-6-12(18)8-10/h1-8,18H. The van der Waals surface area contributed by atoms with E-state index in [0.717, 1.165) is 5.56 Å². The first-order valence-corrected chi connectivity index (χ1v) is 5.99. The zero-order chi connectivity index (χ0) is 13.2. The van der Waals surface area contributed by atoms with Gasteiger partial charge in [-0.1, -0.05) is 23.7 Å². The van der Waals surface area contributed by atoms with Crippen LogP contribution >= 0.6 is 11.6 Å². The molecule has 0 radical (unpaired) electrons. The van der Waals surface area contributed by atoms with Crippen molar-refractivity contribution in [2.75, 3.05) is 0 Å². The van der Waals surface area contributed by atoms with Crippen LogP contribution < -0.4 is 0 Å². The maximum atomic E-state index is 9.43. The molecule has 0 atom stereocenters. The number of halogens is 1. The van der Waals surface area contributed by atoms with Gasteiger partial charge in [-0.05, 0) is 36.4 Å². The molecule has 0 amide bonds. The van der Waals surface area contributed by atoms with Crippen LogP contribution in [0.25, 0.3) is 22.9 Å². The molecule has 0 unspecified atom stereocenters. The highest BCUT2D eigenvalue weighted by Crippen LogP contribution is 2.26. The number of benzene rings is 2. The van der Waals surface area contributed by atoms with E-state index in [2.05, 4.69) is 10.2 Å². The summed E-state index contributed by atoms with van der Waals surface area (Å²) in [6, 6.07) is 13.8. The Morgan fingerprint density at radius 3 is 2.16 bits per heavy atom. The highest BCUT2D eigenvalue weighted by Gasteiger charge is 2.10. The van der Waals surface area contributed by atoms with Crippen LogP contribution in [0.3, 0.4) is 0 Å². The Kier molecular flexibility index (Phi) is 2.93. The van der Waals surface area contributed by atoms with Gasteiger partial charge in [0.1, 0.15) is 5.75 Å². The molecule has 2 aromatic carbocycles. The van der Waals surface area contributed by atoms with Crippen molar-refractivity contribution in [1.82, 2.24) is 10.2 Å². The van der Waals surface area contributed by atoms with Gasteiger partial charge < -0.3 is 9.52 Å². The van der Waals surface area contributed by atoms with Crippen LogP contribution in [0.4, 0.5) is 0 Å². The number of hydrogen-bond acceptors (Lipinski definition) is 4. The molecule has 0 saturated heterocycles. The van der Waals surface area contributed by atoms with Crippen LogP contribution in [0.1, 0.15) is 0 Å². The van der Waals surface area contributed by atoms with Gasteiger partial charge >= 0.3 is 0 Å². The highest BCUT2D eigenvalue weighted by molar-refractivity contribution is 6.30. The topological polar surface area (TPSA) is 59.2 Å².